The van der Waals surface area contributed by atoms with Gasteiger partial charge in [-0.3, -0.25) is 4.99 Å². The van der Waals surface area contributed by atoms with Gasteiger partial charge < -0.3 is 10.1 Å². The van der Waals surface area contributed by atoms with E-state index in [1.54, 1.807) is 6.21 Å². The third kappa shape index (κ3) is 4.93. The van der Waals surface area contributed by atoms with Gasteiger partial charge in [0.25, 0.3) is 5.82 Å². The number of nitrogens with one attached hydrogen (secondary N) is 2. The van der Waals surface area contributed by atoms with Crippen molar-refractivity contribution in [2.45, 2.75) is 20.5 Å². The molecule has 0 aliphatic heterocycles. The molecule has 7 heteroatoms. The summed E-state index contributed by atoms with van der Waals surface area (Å²) in [4.78, 5) is 4.30. The van der Waals surface area contributed by atoms with Crippen LogP contribution in [0.5, 0.6) is 5.75 Å². The van der Waals surface area contributed by atoms with Crippen LogP contribution in [0.15, 0.2) is 58.6 Å². The van der Waals surface area contributed by atoms with E-state index in [9.17, 15) is 0 Å². The van der Waals surface area contributed by atoms with Crippen molar-refractivity contribution >= 4 is 23.2 Å². The van der Waals surface area contributed by atoms with Crippen LogP contribution in [0.2, 0.25) is 0 Å². The summed E-state index contributed by atoms with van der Waals surface area (Å²) in [6.07, 6.45) is 1.76. The number of aryl methyl sites for hydroxylation is 2. The lowest BCUT2D eigenvalue weighted by Gasteiger charge is -2.06. The van der Waals surface area contributed by atoms with Gasteiger partial charge in [-0.2, -0.15) is 5.10 Å². The van der Waals surface area contributed by atoms with Crippen LogP contribution < -0.4 is 20.0 Å². The number of benzene rings is 2. The molecule has 0 unspecified atom stereocenters. The van der Waals surface area contributed by atoms with E-state index in [0.29, 0.717) is 19.1 Å². The fourth-order valence-electron chi connectivity index (χ4n) is 3.15. The number of para-hydroxylation sites is 2. The maximum Gasteiger partial charge on any atom is 0.295 e. The second kappa shape index (κ2) is 9.73. The number of hydrazone groups is 1. The van der Waals surface area contributed by atoms with E-state index >= 15 is 0 Å². The first kappa shape index (κ1) is 20.4. The second-order valence-corrected chi connectivity index (χ2v) is 6.60. The minimum absolute atomic E-state index is 0.496. The molecule has 2 N–H and O–H groups in total. The summed E-state index contributed by atoms with van der Waals surface area (Å²) in [5.74, 6) is 2.60. The highest BCUT2D eigenvalue weighted by atomic mass is 16.5. The number of rotatable bonds is 7. The Hall–Kier alpha value is -3.35. The number of hydrogen-bond donors (Lipinski definition) is 2. The first-order valence-electron chi connectivity index (χ1n) is 9.86. The molecule has 0 saturated heterocycles. The van der Waals surface area contributed by atoms with Crippen LogP contribution >= 0.6 is 0 Å². The monoisotopic (exact) mass is 393 g/mol. The highest BCUT2D eigenvalue weighted by molar-refractivity contribution is 5.84. The Kier molecular flexibility index (Phi) is 6.84. The molecule has 1 heterocycles. The number of guanidine groups is 1. The minimum atomic E-state index is 0.496. The lowest BCUT2D eigenvalue weighted by molar-refractivity contribution is -0.655. The molecule has 0 fully saturated rings. The Labute approximate surface area is 171 Å². The smallest absolute Gasteiger partial charge is 0.295 e. The molecule has 0 atom stereocenters. The van der Waals surface area contributed by atoms with Crippen molar-refractivity contribution in [1.82, 2.24) is 15.3 Å². The molecule has 0 amide bonds. The van der Waals surface area contributed by atoms with Gasteiger partial charge in [0.2, 0.25) is 5.96 Å². The SMILES string of the molecule is CCN=C(NCC)N/N=C\c1ccc(OCc2n(C)c3ccccc3[n+]2C)cc1. The Balaban J connectivity index is 1.61. The van der Waals surface area contributed by atoms with Gasteiger partial charge in [-0.05, 0) is 55.8 Å². The number of ether oxygens (including phenoxy) is 1. The van der Waals surface area contributed by atoms with Gasteiger partial charge in [-0.15, -0.1) is 0 Å². The van der Waals surface area contributed by atoms with Gasteiger partial charge in [0.05, 0.1) is 20.3 Å². The predicted octanol–water partition coefficient (Wildman–Crippen LogP) is 2.49. The zero-order chi connectivity index (χ0) is 20.6. The Morgan fingerprint density at radius 1 is 1.14 bits per heavy atom. The van der Waals surface area contributed by atoms with Crippen molar-refractivity contribution in [2.75, 3.05) is 13.1 Å². The minimum Gasteiger partial charge on any atom is -0.481 e. The molecule has 152 valence electrons. The van der Waals surface area contributed by atoms with Gasteiger partial charge in [0, 0.05) is 13.1 Å². The number of imidazole rings is 1. The normalized spacial score (nSPS) is 11.9. The van der Waals surface area contributed by atoms with Crippen molar-refractivity contribution in [3.63, 3.8) is 0 Å². The summed E-state index contributed by atoms with van der Waals surface area (Å²) in [6.45, 7) is 6.00. The quantitative estimate of drug-likeness (QED) is 0.281. The standard InChI is InChI=1S/C22H29N6O/c1-5-23-22(24-6-2)26-25-15-17-11-13-18(14-12-17)29-16-21-27(3)19-9-7-8-10-20(19)28(21)4/h7-15H,5-6,16H2,1-4H3,(H2,23,24,26)/q+1/b25-15-. The number of aliphatic imine (C=N–C) groups is 1. The summed E-state index contributed by atoms with van der Waals surface area (Å²) in [7, 11) is 4.13. The lowest BCUT2D eigenvalue weighted by atomic mass is 10.2. The topological polar surface area (TPSA) is 66.8 Å². The molecule has 7 nitrogen and oxygen atoms in total. The van der Waals surface area contributed by atoms with E-state index in [1.807, 2.05) is 38.1 Å². The first-order chi connectivity index (χ1) is 14.1. The van der Waals surface area contributed by atoms with Crippen LogP contribution in [0.3, 0.4) is 0 Å². The summed E-state index contributed by atoms with van der Waals surface area (Å²) in [5, 5.41) is 7.37. The van der Waals surface area contributed by atoms with Crippen molar-refractivity contribution in [2.24, 2.45) is 24.2 Å². The number of nitrogens with zero attached hydrogens (tertiary/aromatic N) is 4. The zero-order valence-electron chi connectivity index (χ0n) is 17.5. The lowest BCUT2D eigenvalue weighted by Crippen LogP contribution is -2.34. The fraction of sp³-hybridized carbons (Fsp3) is 0.318. The van der Waals surface area contributed by atoms with Crippen LogP contribution in [0.25, 0.3) is 11.0 Å². The average molecular weight is 394 g/mol. The van der Waals surface area contributed by atoms with Gasteiger partial charge in [0.1, 0.15) is 5.75 Å². The third-order valence-electron chi connectivity index (χ3n) is 4.67. The number of fused-ring (bicyclic) bond motifs is 1. The molecular weight excluding hydrogens is 364 g/mol. The van der Waals surface area contributed by atoms with Gasteiger partial charge in [-0.25, -0.2) is 14.6 Å². The van der Waals surface area contributed by atoms with Crippen LogP contribution in [-0.2, 0) is 20.7 Å². The first-order valence-corrected chi connectivity index (χ1v) is 9.86. The molecule has 29 heavy (non-hydrogen) atoms. The Morgan fingerprint density at radius 3 is 2.59 bits per heavy atom. The fourth-order valence-corrected chi connectivity index (χ4v) is 3.15. The molecule has 0 spiro atoms. The van der Waals surface area contributed by atoms with E-state index in [0.717, 1.165) is 23.7 Å². The van der Waals surface area contributed by atoms with Crippen molar-refractivity contribution < 1.29 is 9.30 Å². The molecule has 2 aromatic carbocycles. The van der Waals surface area contributed by atoms with Crippen LogP contribution in [-0.4, -0.2) is 29.8 Å². The Bertz CT molecular complexity index is 965. The van der Waals surface area contributed by atoms with Crippen molar-refractivity contribution in [3.8, 4) is 5.75 Å². The maximum atomic E-state index is 6.01. The van der Waals surface area contributed by atoms with Crippen molar-refractivity contribution in [1.29, 1.82) is 0 Å². The van der Waals surface area contributed by atoms with E-state index < -0.39 is 0 Å². The van der Waals surface area contributed by atoms with Crippen LogP contribution in [0, 0.1) is 0 Å². The molecule has 0 radical (unpaired) electrons. The van der Waals surface area contributed by atoms with E-state index in [1.165, 1.54) is 11.0 Å². The van der Waals surface area contributed by atoms with Gasteiger partial charge in [0.15, 0.2) is 17.6 Å². The van der Waals surface area contributed by atoms with Crippen LogP contribution in [0.4, 0.5) is 0 Å². The molecule has 0 aliphatic carbocycles. The molecule has 3 aromatic rings. The average Bonchev–Trinajstić information content (AvgIpc) is 2.98. The maximum absolute atomic E-state index is 6.01. The summed E-state index contributed by atoms with van der Waals surface area (Å²) < 4.78 is 10.4. The van der Waals surface area contributed by atoms with E-state index in [4.69, 9.17) is 4.74 Å². The second-order valence-electron chi connectivity index (χ2n) is 6.60. The Morgan fingerprint density at radius 2 is 1.90 bits per heavy atom. The van der Waals surface area contributed by atoms with Gasteiger partial charge >= 0.3 is 0 Å². The number of hydrogen-bond acceptors (Lipinski definition) is 3. The molecule has 0 saturated carbocycles. The zero-order valence-corrected chi connectivity index (χ0v) is 17.5. The largest absolute Gasteiger partial charge is 0.481 e. The molecular formula is C22H29N6O+. The highest BCUT2D eigenvalue weighted by Crippen LogP contribution is 2.16. The molecule has 3 rings (SSSR count). The summed E-state index contributed by atoms with van der Waals surface area (Å²) >= 11 is 0. The van der Waals surface area contributed by atoms with E-state index in [2.05, 4.69) is 68.3 Å². The highest BCUT2D eigenvalue weighted by Gasteiger charge is 2.19. The van der Waals surface area contributed by atoms with Gasteiger partial charge in [-0.1, -0.05) is 12.1 Å². The van der Waals surface area contributed by atoms with E-state index in [-0.39, 0.29) is 0 Å². The third-order valence-corrected chi connectivity index (χ3v) is 4.67. The van der Waals surface area contributed by atoms with Crippen molar-refractivity contribution in [3.05, 3.63) is 59.9 Å². The molecule has 0 bridgehead atoms. The predicted molar refractivity (Wildman–Crippen MR) is 117 cm³/mol. The summed E-state index contributed by atoms with van der Waals surface area (Å²) in [5.41, 5.74) is 6.29. The molecule has 1 aromatic heterocycles. The van der Waals surface area contributed by atoms with Crippen LogP contribution in [0.1, 0.15) is 25.2 Å². The number of aromatic nitrogens is 2. The summed E-state index contributed by atoms with van der Waals surface area (Å²) in [6, 6.07) is 16.2. The molecule has 0 aliphatic rings.